The number of aliphatic hydroxyl groups excluding tert-OH is 1. The van der Waals surface area contributed by atoms with Gasteiger partial charge in [-0.05, 0) is 37.5 Å². The van der Waals surface area contributed by atoms with Crippen molar-refractivity contribution in [1.29, 1.82) is 0 Å². The van der Waals surface area contributed by atoms with Crippen molar-refractivity contribution in [3.63, 3.8) is 0 Å². The van der Waals surface area contributed by atoms with Crippen molar-refractivity contribution in [1.82, 2.24) is 15.1 Å². The van der Waals surface area contributed by atoms with Gasteiger partial charge in [0.25, 0.3) is 0 Å². The van der Waals surface area contributed by atoms with Gasteiger partial charge in [0.2, 0.25) is 5.91 Å². The van der Waals surface area contributed by atoms with Gasteiger partial charge in [-0.2, -0.15) is 0 Å². The number of likely N-dealkylation sites (tertiary alicyclic amines) is 1. The Morgan fingerprint density at radius 2 is 1.90 bits per heavy atom. The van der Waals surface area contributed by atoms with Gasteiger partial charge in [-0.25, -0.2) is 4.79 Å². The number of piperidine rings is 1. The minimum absolute atomic E-state index is 0.0149. The number of nitrogens with zero attached hydrogens (tertiary/aromatic N) is 2. The van der Waals surface area contributed by atoms with Crippen LogP contribution in [0.2, 0.25) is 0 Å². The lowest BCUT2D eigenvalue weighted by molar-refractivity contribution is -0.126. The Morgan fingerprint density at radius 1 is 1.29 bits per heavy atom. The van der Waals surface area contributed by atoms with E-state index in [4.69, 9.17) is 5.11 Å². The first kappa shape index (κ1) is 16.1. The SMILES string of the molecule is CN(C)C(=O)N1CCC(C(=O)NCC2(CCO)CC2)CC1. The van der Waals surface area contributed by atoms with Crippen molar-refractivity contribution in [2.24, 2.45) is 11.3 Å². The Morgan fingerprint density at radius 3 is 2.38 bits per heavy atom. The number of urea groups is 1. The van der Waals surface area contributed by atoms with Gasteiger partial charge in [0.05, 0.1) is 0 Å². The molecule has 0 aromatic heterocycles. The summed E-state index contributed by atoms with van der Waals surface area (Å²) in [5.74, 6) is 0.123. The number of hydrogen-bond acceptors (Lipinski definition) is 3. The number of carbonyl (C=O) groups is 2. The van der Waals surface area contributed by atoms with Crippen LogP contribution in [0, 0.1) is 11.3 Å². The lowest BCUT2D eigenvalue weighted by atomic mass is 9.95. The van der Waals surface area contributed by atoms with Crippen LogP contribution >= 0.6 is 0 Å². The molecule has 1 saturated heterocycles. The van der Waals surface area contributed by atoms with Gasteiger partial charge in [0, 0.05) is 46.3 Å². The molecule has 0 bridgehead atoms. The van der Waals surface area contributed by atoms with Crippen molar-refractivity contribution in [2.75, 3.05) is 40.3 Å². The Hall–Kier alpha value is -1.30. The average Bonchev–Trinajstić information content (AvgIpc) is 3.24. The molecule has 1 aliphatic carbocycles. The van der Waals surface area contributed by atoms with Gasteiger partial charge in [-0.3, -0.25) is 4.79 Å². The molecule has 2 fully saturated rings. The average molecular weight is 297 g/mol. The van der Waals surface area contributed by atoms with E-state index in [0.29, 0.717) is 19.6 Å². The van der Waals surface area contributed by atoms with Gasteiger partial charge in [0.15, 0.2) is 0 Å². The predicted octanol–water partition coefficient (Wildman–Crippen LogP) is 0.659. The van der Waals surface area contributed by atoms with Crippen LogP contribution in [0.15, 0.2) is 0 Å². The highest BCUT2D eigenvalue weighted by atomic mass is 16.3. The van der Waals surface area contributed by atoms with Crippen LogP contribution in [-0.2, 0) is 4.79 Å². The summed E-state index contributed by atoms with van der Waals surface area (Å²) in [6, 6.07) is 0.0220. The summed E-state index contributed by atoms with van der Waals surface area (Å²) in [6.07, 6.45) is 4.45. The van der Waals surface area contributed by atoms with Crippen LogP contribution in [0.3, 0.4) is 0 Å². The minimum atomic E-state index is 0.0149. The highest BCUT2D eigenvalue weighted by molar-refractivity contribution is 5.79. The fourth-order valence-corrected chi connectivity index (χ4v) is 2.96. The first-order valence-corrected chi connectivity index (χ1v) is 7.82. The van der Waals surface area contributed by atoms with Crippen molar-refractivity contribution in [3.8, 4) is 0 Å². The lowest BCUT2D eigenvalue weighted by Gasteiger charge is -2.33. The van der Waals surface area contributed by atoms with Crippen LogP contribution in [0.25, 0.3) is 0 Å². The van der Waals surface area contributed by atoms with E-state index in [1.807, 2.05) is 0 Å². The maximum absolute atomic E-state index is 12.2. The molecule has 1 saturated carbocycles. The third-order valence-corrected chi connectivity index (χ3v) is 4.76. The van der Waals surface area contributed by atoms with Gasteiger partial charge in [-0.15, -0.1) is 0 Å². The largest absolute Gasteiger partial charge is 0.396 e. The molecule has 1 heterocycles. The summed E-state index contributed by atoms with van der Waals surface area (Å²) in [7, 11) is 3.49. The standard InChI is InChI=1S/C15H27N3O3/c1-17(2)14(21)18-8-3-12(4-9-18)13(20)16-11-15(5-6-15)7-10-19/h12,19H,3-11H2,1-2H3,(H,16,20). The molecule has 0 atom stereocenters. The summed E-state index contributed by atoms with van der Waals surface area (Å²) >= 11 is 0. The zero-order chi connectivity index (χ0) is 15.5. The first-order chi connectivity index (χ1) is 9.97. The Labute approximate surface area is 126 Å². The number of nitrogens with one attached hydrogen (secondary N) is 1. The molecule has 120 valence electrons. The third-order valence-electron chi connectivity index (χ3n) is 4.76. The van der Waals surface area contributed by atoms with E-state index in [9.17, 15) is 9.59 Å². The van der Waals surface area contributed by atoms with Gasteiger partial charge < -0.3 is 20.2 Å². The molecule has 2 N–H and O–H groups in total. The fraction of sp³-hybridized carbons (Fsp3) is 0.867. The summed E-state index contributed by atoms with van der Waals surface area (Å²) in [4.78, 5) is 27.4. The van der Waals surface area contributed by atoms with Crippen LogP contribution in [0.5, 0.6) is 0 Å². The van der Waals surface area contributed by atoms with Crippen LogP contribution in [0.4, 0.5) is 4.79 Å². The molecule has 6 heteroatoms. The normalized spacial score (nSPS) is 21.0. The Balaban J connectivity index is 1.72. The molecule has 0 aromatic carbocycles. The van der Waals surface area contributed by atoms with Crippen molar-refractivity contribution in [2.45, 2.75) is 32.1 Å². The summed E-state index contributed by atoms with van der Waals surface area (Å²) < 4.78 is 0. The maximum Gasteiger partial charge on any atom is 0.319 e. The van der Waals surface area contributed by atoms with Gasteiger partial charge in [0.1, 0.15) is 0 Å². The highest BCUT2D eigenvalue weighted by Crippen LogP contribution is 2.47. The number of rotatable bonds is 5. The fourth-order valence-electron chi connectivity index (χ4n) is 2.96. The van der Waals surface area contributed by atoms with Crippen molar-refractivity contribution in [3.05, 3.63) is 0 Å². The zero-order valence-electron chi connectivity index (χ0n) is 13.1. The van der Waals surface area contributed by atoms with E-state index >= 15 is 0 Å². The van der Waals surface area contributed by atoms with Crippen LogP contribution in [-0.4, -0.2) is 67.2 Å². The zero-order valence-corrected chi connectivity index (χ0v) is 13.1. The monoisotopic (exact) mass is 297 g/mol. The molecular weight excluding hydrogens is 270 g/mol. The second-order valence-electron chi connectivity index (χ2n) is 6.63. The number of carbonyl (C=O) groups excluding carboxylic acids is 2. The van der Waals surface area contributed by atoms with Crippen molar-refractivity contribution >= 4 is 11.9 Å². The summed E-state index contributed by atoms with van der Waals surface area (Å²) in [5.41, 5.74) is 0.159. The summed E-state index contributed by atoms with van der Waals surface area (Å²) in [5, 5.41) is 12.1. The van der Waals surface area contributed by atoms with Crippen LogP contribution < -0.4 is 5.32 Å². The lowest BCUT2D eigenvalue weighted by Crippen LogP contribution is -2.47. The number of hydrogen-bond donors (Lipinski definition) is 2. The highest BCUT2D eigenvalue weighted by Gasteiger charge is 2.42. The van der Waals surface area contributed by atoms with E-state index in [-0.39, 0.29) is 29.9 Å². The second kappa shape index (κ2) is 6.64. The summed E-state index contributed by atoms with van der Waals surface area (Å²) in [6.45, 7) is 2.18. The van der Waals surface area contributed by atoms with E-state index in [2.05, 4.69) is 5.32 Å². The minimum Gasteiger partial charge on any atom is -0.396 e. The number of amides is 3. The Bertz CT molecular complexity index is 386. The second-order valence-corrected chi connectivity index (χ2v) is 6.63. The van der Waals surface area contributed by atoms with E-state index in [1.165, 1.54) is 0 Å². The predicted molar refractivity (Wildman–Crippen MR) is 79.8 cm³/mol. The van der Waals surface area contributed by atoms with Gasteiger partial charge >= 0.3 is 6.03 Å². The molecule has 21 heavy (non-hydrogen) atoms. The number of aliphatic hydroxyl groups is 1. The molecule has 0 unspecified atom stereocenters. The molecule has 6 nitrogen and oxygen atoms in total. The molecular formula is C15H27N3O3. The smallest absolute Gasteiger partial charge is 0.319 e. The third kappa shape index (κ3) is 4.09. The van der Waals surface area contributed by atoms with E-state index < -0.39 is 0 Å². The van der Waals surface area contributed by atoms with Gasteiger partial charge in [-0.1, -0.05) is 0 Å². The molecule has 1 aliphatic heterocycles. The van der Waals surface area contributed by atoms with Crippen LogP contribution in [0.1, 0.15) is 32.1 Å². The Kier molecular flexibility index (Phi) is 5.08. The molecule has 2 aliphatic rings. The molecule has 2 rings (SSSR count). The molecule has 0 spiro atoms. The molecule has 3 amide bonds. The van der Waals surface area contributed by atoms with E-state index in [1.54, 1.807) is 23.9 Å². The quantitative estimate of drug-likeness (QED) is 0.783. The molecule has 0 radical (unpaired) electrons. The topological polar surface area (TPSA) is 72.9 Å². The molecule has 0 aromatic rings. The first-order valence-electron chi connectivity index (χ1n) is 7.82. The maximum atomic E-state index is 12.2. The van der Waals surface area contributed by atoms with E-state index in [0.717, 1.165) is 32.1 Å². The van der Waals surface area contributed by atoms with Crippen molar-refractivity contribution < 1.29 is 14.7 Å².